The third-order valence-corrected chi connectivity index (χ3v) is 5.82. The van der Waals surface area contributed by atoms with Gasteiger partial charge in [-0.2, -0.15) is 0 Å². The molecule has 1 aromatic carbocycles. The molecule has 0 spiro atoms. The molecule has 5 heteroatoms. The van der Waals surface area contributed by atoms with Crippen LogP contribution in [0.5, 0.6) is 0 Å². The van der Waals surface area contributed by atoms with Crippen LogP contribution in [-0.2, 0) is 5.60 Å². The molecule has 138 valence electrons. The Hall–Kier alpha value is -2.08. The van der Waals surface area contributed by atoms with Crippen molar-refractivity contribution in [3.63, 3.8) is 0 Å². The molecule has 1 aliphatic rings. The summed E-state index contributed by atoms with van der Waals surface area (Å²) in [7, 11) is 0. The molecule has 4 nitrogen and oxygen atoms in total. The molecular formula is C22H22BrN3O. The molecule has 1 aliphatic heterocycles. The van der Waals surface area contributed by atoms with Crippen LogP contribution in [0.25, 0.3) is 0 Å². The Morgan fingerprint density at radius 1 is 0.889 bits per heavy atom. The second-order valence-corrected chi connectivity index (χ2v) is 7.86. The van der Waals surface area contributed by atoms with Crippen LogP contribution >= 0.6 is 15.9 Å². The van der Waals surface area contributed by atoms with Crippen LogP contribution in [0.4, 0.5) is 0 Å². The van der Waals surface area contributed by atoms with Crippen molar-refractivity contribution in [2.24, 2.45) is 0 Å². The lowest BCUT2D eigenvalue weighted by Crippen LogP contribution is -2.44. The highest BCUT2D eigenvalue weighted by molar-refractivity contribution is 9.10. The lowest BCUT2D eigenvalue weighted by atomic mass is 9.77. The van der Waals surface area contributed by atoms with E-state index in [4.69, 9.17) is 0 Å². The Morgan fingerprint density at radius 3 is 1.93 bits per heavy atom. The van der Waals surface area contributed by atoms with Crippen molar-refractivity contribution < 1.29 is 5.11 Å². The SMILES string of the molecule is OC(c1cccnc1)(c1cccnc1)C(c1ccc(Br)cc1)N1CCCC1. The first kappa shape index (κ1) is 18.3. The minimum absolute atomic E-state index is 0.221. The molecule has 1 N–H and O–H groups in total. The first-order valence-electron chi connectivity index (χ1n) is 9.22. The number of pyridine rings is 2. The van der Waals surface area contributed by atoms with Gasteiger partial charge in [0.05, 0.1) is 6.04 Å². The third-order valence-electron chi connectivity index (χ3n) is 5.29. The number of rotatable bonds is 5. The van der Waals surface area contributed by atoms with Gasteiger partial charge in [0.1, 0.15) is 5.60 Å². The highest BCUT2D eigenvalue weighted by Gasteiger charge is 2.45. The molecule has 3 aromatic rings. The molecule has 0 bridgehead atoms. The van der Waals surface area contributed by atoms with Gasteiger partial charge in [-0.15, -0.1) is 0 Å². The molecule has 0 saturated carbocycles. The average molecular weight is 424 g/mol. The van der Waals surface area contributed by atoms with E-state index in [1.165, 1.54) is 0 Å². The topological polar surface area (TPSA) is 49.3 Å². The van der Waals surface area contributed by atoms with Crippen LogP contribution in [0.1, 0.15) is 35.6 Å². The zero-order valence-corrected chi connectivity index (χ0v) is 16.6. The normalized spacial score (nSPS) is 16.4. The van der Waals surface area contributed by atoms with Gasteiger partial charge in [-0.3, -0.25) is 14.9 Å². The molecule has 0 radical (unpaired) electrons. The van der Waals surface area contributed by atoms with Gasteiger partial charge in [0.2, 0.25) is 0 Å². The smallest absolute Gasteiger partial charge is 0.137 e. The molecule has 1 atom stereocenters. The molecule has 1 unspecified atom stereocenters. The highest BCUT2D eigenvalue weighted by atomic mass is 79.9. The number of nitrogens with zero attached hydrogens (tertiary/aromatic N) is 3. The maximum absolute atomic E-state index is 12.3. The quantitative estimate of drug-likeness (QED) is 0.663. The minimum Gasteiger partial charge on any atom is -0.378 e. The standard InChI is InChI=1S/C22H22BrN3O/c23-20-9-7-17(8-10-20)21(26-13-1-2-14-26)22(27,18-5-3-11-24-15-18)19-6-4-12-25-16-19/h3-12,15-16,21,27H,1-2,13-14H2. The Kier molecular flexibility index (Phi) is 5.34. The van der Waals surface area contributed by atoms with Crippen molar-refractivity contribution in [2.45, 2.75) is 24.5 Å². The summed E-state index contributed by atoms with van der Waals surface area (Å²) in [5.41, 5.74) is 1.38. The van der Waals surface area contributed by atoms with E-state index in [9.17, 15) is 5.11 Å². The molecule has 0 aliphatic carbocycles. The Morgan fingerprint density at radius 2 is 1.44 bits per heavy atom. The van der Waals surface area contributed by atoms with E-state index >= 15 is 0 Å². The second kappa shape index (κ2) is 7.89. The Balaban J connectivity index is 1.92. The van der Waals surface area contributed by atoms with E-state index in [-0.39, 0.29) is 6.04 Å². The average Bonchev–Trinajstić information content (AvgIpc) is 3.25. The van der Waals surface area contributed by atoms with Gasteiger partial charge >= 0.3 is 0 Å². The van der Waals surface area contributed by atoms with E-state index < -0.39 is 5.60 Å². The fourth-order valence-corrected chi connectivity index (χ4v) is 4.28. The summed E-state index contributed by atoms with van der Waals surface area (Å²) in [6.07, 6.45) is 9.27. The number of likely N-dealkylation sites (tertiary alicyclic amines) is 1. The zero-order chi connectivity index (χ0) is 18.7. The minimum atomic E-state index is -1.25. The summed E-state index contributed by atoms with van der Waals surface area (Å²) in [4.78, 5) is 11.0. The molecule has 4 rings (SSSR count). The van der Waals surface area contributed by atoms with Crippen LogP contribution in [0, 0.1) is 0 Å². The van der Waals surface area contributed by atoms with Crippen LogP contribution in [0.15, 0.2) is 77.8 Å². The number of hydrogen-bond donors (Lipinski definition) is 1. The van der Waals surface area contributed by atoms with Crippen molar-refractivity contribution in [1.82, 2.24) is 14.9 Å². The fourth-order valence-electron chi connectivity index (χ4n) is 4.02. The van der Waals surface area contributed by atoms with Gasteiger partial charge in [-0.1, -0.05) is 40.2 Å². The lowest BCUT2D eigenvalue weighted by molar-refractivity contribution is -0.0152. The molecule has 1 saturated heterocycles. The number of halogens is 1. The summed E-state index contributed by atoms with van der Waals surface area (Å²) < 4.78 is 1.03. The molecule has 0 amide bonds. The third kappa shape index (κ3) is 3.55. The molecule has 1 fully saturated rings. The monoisotopic (exact) mass is 423 g/mol. The maximum Gasteiger partial charge on any atom is 0.137 e. The maximum atomic E-state index is 12.3. The summed E-state index contributed by atoms with van der Waals surface area (Å²) in [6, 6.07) is 15.7. The number of aliphatic hydroxyl groups is 1. The molecule has 27 heavy (non-hydrogen) atoms. The van der Waals surface area contributed by atoms with E-state index in [1.54, 1.807) is 24.8 Å². The Bertz CT molecular complexity index is 826. The number of hydrogen-bond acceptors (Lipinski definition) is 4. The van der Waals surface area contributed by atoms with Gasteiger partial charge in [-0.05, 0) is 55.8 Å². The summed E-state index contributed by atoms with van der Waals surface area (Å²) in [5.74, 6) is 0. The zero-order valence-electron chi connectivity index (χ0n) is 15.0. The van der Waals surface area contributed by atoms with Gasteiger partial charge in [0.15, 0.2) is 0 Å². The highest BCUT2D eigenvalue weighted by Crippen LogP contribution is 2.45. The van der Waals surface area contributed by atoms with Gasteiger partial charge in [-0.25, -0.2) is 0 Å². The van der Waals surface area contributed by atoms with E-state index in [0.29, 0.717) is 0 Å². The summed E-state index contributed by atoms with van der Waals surface area (Å²) in [5, 5.41) is 12.3. The van der Waals surface area contributed by atoms with Crippen molar-refractivity contribution in [1.29, 1.82) is 0 Å². The van der Waals surface area contributed by atoms with E-state index in [2.05, 4.69) is 42.9 Å². The molecule has 2 aromatic heterocycles. The first-order valence-corrected chi connectivity index (χ1v) is 10.0. The van der Waals surface area contributed by atoms with Gasteiger partial charge < -0.3 is 5.11 Å². The predicted molar refractivity (Wildman–Crippen MR) is 109 cm³/mol. The second-order valence-electron chi connectivity index (χ2n) is 6.95. The summed E-state index contributed by atoms with van der Waals surface area (Å²) >= 11 is 3.52. The number of benzene rings is 1. The largest absolute Gasteiger partial charge is 0.378 e. The van der Waals surface area contributed by atoms with E-state index in [0.717, 1.165) is 47.1 Å². The predicted octanol–water partition coefficient (Wildman–Crippen LogP) is 4.31. The van der Waals surface area contributed by atoms with Crippen molar-refractivity contribution in [2.75, 3.05) is 13.1 Å². The van der Waals surface area contributed by atoms with Crippen LogP contribution in [-0.4, -0.2) is 33.1 Å². The van der Waals surface area contributed by atoms with Crippen molar-refractivity contribution >= 4 is 15.9 Å². The first-order chi connectivity index (χ1) is 13.2. The molecule has 3 heterocycles. The van der Waals surface area contributed by atoms with Crippen molar-refractivity contribution in [3.05, 3.63) is 94.5 Å². The lowest BCUT2D eigenvalue weighted by Gasteiger charge is -2.42. The molecular weight excluding hydrogens is 402 g/mol. The van der Waals surface area contributed by atoms with Crippen LogP contribution < -0.4 is 0 Å². The van der Waals surface area contributed by atoms with E-state index in [1.807, 2.05) is 36.4 Å². The Labute approximate surface area is 168 Å². The summed E-state index contributed by atoms with van der Waals surface area (Å²) in [6.45, 7) is 1.92. The van der Waals surface area contributed by atoms with Crippen LogP contribution in [0.3, 0.4) is 0 Å². The fraction of sp³-hybridized carbons (Fsp3) is 0.273. The van der Waals surface area contributed by atoms with Crippen molar-refractivity contribution in [3.8, 4) is 0 Å². The van der Waals surface area contributed by atoms with Gasteiger partial charge in [0, 0.05) is 40.4 Å². The van der Waals surface area contributed by atoms with Crippen LogP contribution in [0.2, 0.25) is 0 Å². The number of aromatic nitrogens is 2. The van der Waals surface area contributed by atoms with Gasteiger partial charge in [0.25, 0.3) is 0 Å².